The van der Waals surface area contributed by atoms with Crippen molar-refractivity contribution in [2.24, 2.45) is 0 Å². The number of rotatable bonds is 12. The predicted molar refractivity (Wildman–Crippen MR) is 133 cm³/mol. The minimum atomic E-state index is -1.21. The van der Waals surface area contributed by atoms with Gasteiger partial charge in [0.25, 0.3) is 0 Å². The first-order valence-electron chi connectivity index (χ1n) is 11.8. The molecule has 0 amide bonds. The summed E-state index contributed by atoms with van der Waals surface area (Å²) in [5.74, 6) is 0.313. The first-order chi connectivity index (χ1) is 17.4. The lowest BCUT2D eigenvalue weighted by atomic mass is 9.91. The number of benzene rings is 2. The van der Waals surface area contributed by atoms with E-state index < -0.39 is 42.6 Å². The van der Waals surface area contributed by atoms with Crippen LogP contribution < -0.4 is 4.74 Å². The van der Waals surface area contributed by atoms with Crippen molar-refractivity contribution in [1.29, 1.82) is 0 Å². The molecule has 1 saturated heterocycles. The zero-order chi connectivity index (χ0) is 25.9. The fraction of sp³-hybridized carbons (Fsp3) is 0.393. The van der Waals surface area contributed by atoms with E-state index in [0.717, 1.165) is 16.9 Å². The third-order valence-corrected chi connectivity index (χ3v) is 5.81. The van der Waals surface area contributed by atoms with E-state index in [0.29, 0.717) is 0 Å². The average Bonchev–Trinajstić information content (AvgIpc) is 2.89. The van der Waals surface area contributed by atoms with Crippen LogP contribution in [-0.2, 0) is 37.0 Å². The van der Waals surface area contributed by atoms with Gasteiger partial charge in [0, 0.05) is 6.92 Å². The lowest BCUT2D eigenvalue weighted by molar-refractivity contribution is -0.245. The van der Waals surface area contributed by atoms with Gasteiger partial charge in [-0.25, -0.2) is 0 Å². The van der Waals surface area contributed by atoms with Crippen LogP contribution >= 0.6 is 0 Å². The molecule has 8 heteroatoms. The highest BCUT2D eigenvalue weighted by atomic mass is 16.6. The molecule has 0 unspecified atom stereocenters. The third kappa shape index (κ3) is 7.74. The molecule has 1 aliphatic heterocycles. The zero-order valence-electron chi connectivity index (χ0n) is 20.6. The van der Waals surface area contributed by atoms with Crippen LogP contribution in [0, 0.1) is 0 Å². The molecule has 36 heavy (non-hydrogen) atoms. The summed E-state index contributed by atoms with van der Waals surface area (Å²) in [4.78, 5) is 11.1. The molecule has 0 radical (unpaired) electrons. The van der Waals surface area contributed by atoms with Gasteiger partial charge >= 0.3 is 5.97 Å². The Hall–Kier alpha value is -3.01. The summed E-state index contributed by atoms with van der Waals surface area (Å²) in [6.45, 7) is 5.56. The number of carbonyl (C=O) groups is 1. The maximum absolute atomic E-state index is 11.2. The van der Waals surface area contributed by atoms with Crippen LogP contribution in [0.15, 0.2) is 79.4 Å². The maximum atomic E-state index is 11.2. The number of aliphatic hydroxyl groups excluding tert-OH is 2. The van der Waals surface area contributed by atoms with Crippen molar-refractivity contribution in [2.75, 3.05) is 13.7 Å². The van der Waals surface area contributed by atoms with E-state index in [1.165, 1.54) is 13.0 Å². The zero-order valence-corrected chi connectivity index (χ0v) is 20.6. The highest BCUT2D eigenvalue weighted by Crippen LogP contribution is 2.29. The Kier molecular flexibility index (Phi) is 10.7. The van der Waals surface area contributed by atoms with Crippen LogP contribution in [0.4, 0.5) is 0 Å². The SMILES string of the molecule is C=C[C@@H]1O[C@H]([C@H](/C=C/COC(C)=O)OCc2ccccc2)[C@@H](O)[C@H](OCc2ccc(OC)cc2)[C@H]1O. The Morgan fingerprint density at radius 3 is 2.39 bits per heavy atom. The molecule has 1 aliphatic rings. The minimum absolute atomic E-state index is 0.0499. The smallest absolute Gasteiger partial charge is 0.302 e. The summed E-state index contributed by atoms with van der Waals surface area (Å²) in [6, 6.07) is 16.9. The molecule has 0 bridgehead atoms. The van der Waals surface area contributed by atoms with Gasteiger partial charge in [-0.2, -0.15) is 0 Å². The quantitative estimate of drug-likeness (QED) is 0.340. The van der Waals surface area contributed by atoms with Crippen molar-refractivity contribution >= 4 is 5.97 Å². The lowest BCUT2D eigenvalue weighted by Crippen LogP contribution is -2.61. The topological polar surface area (TPSA) is 104 Å². The molecule has 2 N–H and O–H groups in total. The number of aliphatic hydroxyl groups is 2. The summed E-state index contributed by atoms with van der Waals surface area (Å²) in [5.41, 5.74) is 1.79. The highest BCUT2D eigenvalue weighted by Gasteiger charge is 2.47. The van der Waals surface area contributed by atoms with Crippen LogP contribution in [-0.4, -0.2) is 66.5 Å². The molecule has 0 spiro atoms. The second kappa shape index (κ2) is 13.9. The van der Waals surface area contributed by atoms with Crippen LogP contribution in [0.25, 0.3) is 0 Å². The van der Waals surface area contributed by atoms with Crippen molar-refractivity contribution in [1.82, 2.24) is 0 Å². The summed E-state index contributed by atoms with van der Waals surface area (Å²) in [7, 11) is 1.59. The van der Waals surface area contributed by atoms with Crippen molar-refractivity contribution in [3.05, 3.63) is 90.5 Å². The standard InChI is InChI=1S/C28H34O8/c1-4-23-25(30)28(35-18-21-12-14-22(32-3)15-13-21)26(31)27(36-23)24(11-8-16-33-19(2)29)34-17-20-9-6-5-7-10-20/h4-15,23-28,30-31H,1,16-18H2,2-3H3/b11-8+/t23-,24-,25-,26+,27+,28+/m0/s1. The molecule has 6 atom stereocenters. The lowest BCUT2D eigenvalue weighted by Gasteiger charge is -2.43. The molecule has 0 saturated carbocycles. The number of carbonyl (C=O) groups excluding carboxylic acids is 1. The summed E-state index contributed by atoms with van der Waals surface area (Å²) in [6.07, 6.45) is -0.911. The number of hydrogen-bond acceptors (Lipinski definition) is 8. The Labute approximate surface area is 211 Å². The van der Waals surface area contributed by atoms with Gasteiger partial charge in [0.1, 0.15) is 49.0 Å². The molecular formula is C28H34O8. The molecule has 194 valence electrons. The van der Waals surface area contributed by atoms with E-state index >= 15 is 0 Å². The van der Waals surface area contributed by atoms with E-state index in [1.54, 1.807) is 19.3 Å². The minimum Gasteiger partial charge on any atom is -0.497 e. The molecule has 1 fully saturated rings. The summed E-state index contributed by atoms with van der Waals surface area (Å²) < 4.78 is 28.3. The van der Waals surface area contributed by atoms with Gasteiger partial charge in [-0.1, -0.05) is 54.6 Å². The first kappa shape index (κ1) is 27.6. The molecule has 2 aromatic carbocycles. The second-order valence-electron chi connectivity index (χ2n) is 8.40. The number of esters is 1. The van der Waals surface area contributed by atoms with Crippen molar-refractivity contribution in [3.63, 3.8) is 0 Å². The van der Waals surface area contributed by atoms with Crippen LogP contribution in [0.5, 0.6) is 5.75 Å². The van der Waals surface area contributed by atoms with Crippen molar-refractivity contribution in [2.45, 2.75) is 56.8 Å². The van der Waals surface area contributed by atoms with Crippen molar-refractivity contribution < 1.29 is 38.7 Å². The van der Waals surface area contributed by atoms with Crippen molar-refractivity contribution in [3.8, 4) is 5.75 Å². The number of ether oxygens (including phenoxy) is 5. The third-order valence-electron chi connectivity index (χ3n) is 5.81. The van der Waals surface area contributed by atoms with E-state index in [2.05, 4.69) is 6.58 Å². The molecule has 8 nitrogen and oxygen atoms in total. The molecule has 2 aromatic rings. The van der Waals surface area contributed by atoms with Gasteiger partial charge in [-0.15, -0.1) is 6.58 Å². The van der Waals surface area contributed by atoms with E-state index in [4.69, 9.17) is 23.7 Å². The van der Waals surface area contributed by atoms with Gasteiger partial charge in [0.15, 0.2) is 0 Å². The summed E-state index contributed by atoms with van der Waals surface area (Å²) >= 11 is 0. The molecule has 0 aliphatic carbocycles. The van der Waals surface area contributed by atoms with Gasteiger partial charge < -0.3 is 33.9 Å². The Balaban J connectivity index is 1.76. The highest BCUT2D eigenvalue weighted by molar-refractivity contribution is 5.66. The van der Waals surface area contributed by atoms with E-state index in [1.807, 2.05) is 54.6 Å². The first-order valence-corrected chi connectivity index (χ1v) is 11.8. The van der Waals surface area contributed by atoms with Crippen LogP contribution in [0.1, 0.15) is 18.1 Å². The van der Waals surface area contributed by atoms with Gasteiger partial charge in [-0.05, 0) is 29.3 Å². The Morgan fingerprint density at radius 2 is 1.75 bits per heavy atom. The van der Waals surface area contributed by atoms with Gasteiger partial charge in [0.05, 0.1) is 20.3 Å². The number of methoxy groups -OCH3 is 1. The Bertz CT molecular complexity index is 975. The fourth-order valence-electron chi connectivity index (χ4n) is 3.88. The van der Waals surface area contributed by atoms with Crippen LogP contribution in [0.3, 0.4) is 0 Å². The largest absolute Gasteiger partial charge is 0.497 e. The van der Waals surface area contributed by atoms with E-state index in [9.17, 15) is 15.0 Å². The summed E-state index contributed by atoms with van der Waals surface area (Å²) in [5, 5.41) is 22.0. The fourth-order valence-corrected chi connectivity index (χ4v) is 3.88. The van der Waals surface area contributed by atoms with Crippen LogP contribution in [0.2, 0.25) is 0 Å². The van der Waals surface area contributed by atoms with Gasteiger partial charge in [-0.3, -0.25) is 4.79 Å². The number of hydrogen-bond donors (Lipinski definition) is 2. The monoisotopic (exact) mass is 498 g/mol. The van der Waals surface area contributed by atoms with E-state index in [-0.39, 0.29) is 19.8 Å². The molecular weight excluding hydrogens is 464 g/mol. The Morgan fingerprint density at radius 1 is 1.06 bits per heavy atom. The molecule has 0 aromatic heterocycles. The second-order valence-corrected chi connectivity index (χ2v) is 8.40. The predicted octanol–water partition coefficient (Wildman–Crippen LogP) is 2.96. The average molecular weight is 499 g/mol. The molecule has 1 heterocycles. The normalized spacial score (nSPS) is 24.8. The van der Waals surface area contributed by atoms with Gasteiger partial charge in [0.2, 0.25) is 0 Å². The maximum Gasteiger partial charge on any atom is 0.302 e. The molecule has 3 rings (SSSR count).